The Balaban J connectivity index is 1.25. The average Bonchev–Trinajstić information content (AvgIpc) is 3.48. The number of carbonyl (C=O) groups excluding carboxylic acids is 1. The van der Waals surface area contributed by atoms with Crippen molar-refractivity contribution >= 4 is 26.0 Å². The Labute approximate surface area is 218 Å². The first-order chi connectivity index (χ1) is 17.7. The first kappa shape index (κ1) is 27.4. The molecule has 2 aromatic carbocycles. The van der Waals surface area contributed by atoms with Gasteiger partial charge in [0, 0.05) is 26.2 Å². The maximum Gasteiger partial charge on any atom is 0.243 e. The van der Waals surface area contributed by atoms with Gasteiger partial charge < -0.3 is 14.8 Å². The molecular formula is C25H33N3O7S2. The smallest absolute Gasteiger partial charge is 0.243 e. The molecule has 0 radical (unpaired) electrons. The highest BCUT2D eigenvalue weighted by Crippen LogP contribution is 2.26. The van der Waals surface area contributed by atoms with Gasteiger partial charge in [0.05, 0.1) is 29.4 Å². The molecule has 37 heavy (non-hydrogen) atoms. The van der Waals surface area contributed by atoms with Crippen molar-refractivity contribution in [3.8, 4) is 11.5 Å². The molecule has 0 spiro atoms. The van der Waals surface area contributed by atoms with Crippen LogP contribution in [0.4, 0.5) is 0 Å². The van der Waals surface area contributed by atoms with E-state index in [0.717, 1.165) is 12.8 Å². The fourth-order valence-corrected chi connectivity index (χ4v) is 7.59. The lowest BCUT2D eigenvalue weighted by molar-refractivity contribution is -0.126. The lowest BCUT2D eigenvalue weighted by Gasteiger charge is -2.31. The normalized spacial score (nSPS) is 19.4. The van der Waals surface area contributed by atoms with E-state index in [2.05, 4.69) is 5.32 Å². The fraction of sp³-hybridized carbons (Fsp3) is 0.480. The van der Waals surface area contributed by atoms with Gasteiger partial charge in [-0.2, -0.15) is 8.61 Å². The molecule has 0 saturated carbocycles. The number of hydrogen-bond donors (Lipinski definition) is 1. The van der Waals surface area contributed by atoms with Crippen molar-refractivity contribution in [1.29, 1.82) is 0 Å². The summed E-state index contributed by atoms with van der Waals surface area (Å²) >= 11 is 0. The summed E-state index contributed by atoms with van der Waals surface area (Å²) in [7, 11) is -5.66. The van der Waals surface area contributed by atoms with Crippen LogP contribution in [-0.4, -0.2) is 77.8 Å². The van der Waals surface area contributed by atoms with Gasteiger partial charge in [-0.15, -0.1) is 0 Å². The largest absolute Gasteiger partial charge is 0.497 e. The van der Waals surface area contributed by atoms with E-state index >= 15 is 0 Å². The lowest BCUT2D eigenvalue weighted by Crippen LogP contribution is -2.45. The molecule has 12 heteroatoms. The maximum atomic E-state index is 13.0. The number of rotatable bonds is 10. The van der Waals surface area contributed by atoms with Crippen LogP contribution in [0.25, 0.3) is 0 Å². The van der Waals surface area contributed by atoms with Crippen LogP contribution in [0.15, 0.2) is 58.3 Å². The first-order valence-corrected chi connectivity index (χ1v) is 15.2. The Bertz CT molecular complexity index is 1270. The number of methoxy groups -OCH3 is 1. The summed E-state index contributed by atoms with van der Waals surface area (Å²) in [6.07, 6.45) is 2.96. The molecule has 2 aromatic rings. The second-order valence-corrected chi connectivity index (χ2v) is 13.0. The van der Waals surface area contributed by atoms with Crippen LogP contribution in [-0.2, 0) is 24.8 Å². The molecule has 1 N–H and O–H groups in total. The Morgan fingerprint density at radius 2 is 1.38 bits per heavy atom. The third-order valence-corrected chi connectivity index (χ3v) is 10.4. The quantitative estimate of drug-likeness (QED) is 0.449. The molecule has 0 aliphatic carbocycles. The second kappa shape index (κ2) is 11.8. The number of nitrogens with zero attached hydrogens (tertiary/aromatic N) is 2. The van der Waals surface area contributed by atoms with E-state index in [1.165, 1.54) is 40.0 Å². The summed E-state index contributed by atoms with van der Waals surface area (Å²) in [5.41, 5.74) is 0. The van der Waals surface area contributed by atoms with Crippen molar-refractivity contribution in [2.45, 2.75) is 35.5 Å². The van der Waals surface area contributed by atoms with Crippen molar-refractivity contribution in [2.75, 3.05) is 46.4 Å². The maximum absolute atomic E-state index is 13.0. The zero-order chi connectivity index (χ0) is 26.5. The van der Waals surface area contributed by atoms with E-state index in [4.69, 9.17) is 9.47 Å². The summed E-state index contributed by atoms with van der Waals surface area (Å²) < 4.78 is 64.9. The van der Waals surface area contributed by atoms with Crippen LogP contribution in [0.5, 0.6) is 11.5 Å². The Hall–Kier alpha value is -2.67. The van der Waals surface area contributed by atoms with Gasteiger partial charge in [0.25, 0.3) is 0 Å². The lowest BCUT2D eigenvalue weighted by atomic mass is 9.99. The SMILES string of the molecule is COc1ccc(S(=O)(=O)N2CCC[C@@H](C(=O)NCCOc3ccc(S(=O)(=O)N4CCCC4)cc3)C2)cc1. The number of sulfonamides is 2. The molecule has 2 fully saturated rings. The summed E-state index contributed by atoms with van der Waals surface area (Å²) in [4.78, 5) is 13.1. The predicted octanol–water partition coefficient (Wildman–Crippen LogP) is 2.08. The average molecular weight is 552 g/mol. The number of carbonyl (C=O) groups is 1. The molecule has 2 aliphatic heterocycles. The standard InChI is InChI=1S/C25H33N3O7S2/c1-34-21-6-10-24(11-7-21)37(32,33)28-17-4-5-20(19-28)25(29)26-14-18-35-22-8-12-23(13-9-22)36(30,31)27-15-2-3-16-27/h6-13,20H,2-5,14-19H2,1H3,(H,26,29)/t20-/m1/s1. The Kier molecular flexibility index (Phi) is 8.73. The summed E-state index contributed by atoms with van der Waals surface area (Å²) in [6, 6.07) is 12.5. The van der Waals surface area contributed by atoms with Crippen LogP contribution in [0.2, 0.25) is 0 Å². The zero-order valence-electron chi connectivity index (χ0n) is 20.8. The fourth-order valence-electron chi connectivity index (χ4n) is 4.54. The van der Waals surface area contributed by atoms with E-state index in [-0.39, 0.29) is 35.4 Å². The van der Waals surface area contributed by atoms with Gasteiger partial charge in [0.15, 0.2) is 0 Å². The minimum absolute atomic E-state index is 0.119. The molecule has 2 aliphatic rings. The molecule has 1 amide bonds. The molecule has 0 aromatic heterocycles. The minimum Gasteiger partial charge on any atom is -0.497 e. The predicted molar refractivity (Wildman–Crippen MR) is 137 cm³/mol. The van der Waals surface area contributed by atoms with E-state index < -0.39 is 26.0 Å². The van der Waals surface area contributed by atoms with Gasteiger partial charge >= 0.3 is 0 Å². The molecular weight excluding hydrogens is 518 g/mol. The van der Waals surface area contributed by atoms with E-state index in [9.17, 15) is 21.6 Å². The first-order valence-electron chi connectivity index (χ1n) is 12.4. The monoisotopic (exact) mass is 551 g/mol. The van der Waals surface area contributed by atoms with Crippen LogP contribution in [0.3, 0.4) is 0 Å². The minimum atomic E-state index is -3.71. The highest BCUT2D eigenvalue weighted by atomic mass is 32.2. The zero-order valence-corrected chi connectivity index (χ0v) is 22.5. The molecule has 2 saturated heterocycles. The van der Waals surface area contributed by atoms with Crippen LogP contribution in [0, 0.1) is 5.92 Å². The van der Waals surface area contributed by atoms with Crippen molar-refractivity contribution in [3.63, 3.8) is 0 Å². The number of amides is 1. The summed E-state index contributed by atoms with van der Waals surface area (Å²) in [5.74, 6) is 0.409. The van der Waals surface area contributed by atoms with Crippen LogP contribution >= 0.6 is 0 Å². The molecule has 0 bridgehead atoms. The van der Waals surface area contributed by atoms with Gasteiger partial charge in [0.1, 0.15) is 18.1 Å². The summed E-state index contributed by atoms with van der Waals surface area (Å²) in [6.45, 7) is 2.02. The van der Waals surface area contributed by atoms with Crippen molar-refractivity contribution in [1.82, 2.24) is 13.9 Å². The van der Waals surface area contributed by atoms with E-state index in [1.54, 1.807) is 24.3 Å². The number of hydrogen-bond acceptors (Lipinski definition) is 7. The second-order valence-electron chi connectivity index (χ2n) is 9.10. The topological polar surface area (TPSA) is 122 Å². The highest BCUT2D eigenvalue weighted by Gasteiger charge is 2.33. The third-order valence-electron chi connectivity index (χ3n) is 6.65. The third kappa shape index (κ3) is 6.43. The Morgan fingerprint density at radius 3 is 1.97 bits per heavy atom. The molecule has 0 unspecified atom stereocenters. The number of nitrogens with one attached hydrogen (secondary N) is 1. The highest BCUT2D eigenvalue weighted by molar-refractivity contribution is 7.89. The molecule has 202 valence electrons. The number of benzene rings is 2. The van der Waals surface area contributed by atoms with Gasteiger partial charge in [-0.3, -0.25) is 4.79 Å². The number of piperidine rings is 1. The van der Waals surface area contributed by atoms with E-state index in [1.807, 2.05) is 0 Å². The van der Waals surface area contributed by atoms with Crippen molar-refractivity contribution in [2.24, 2.45) is 5.92 Å². The molecule has 10 nitrogen and oxygen atoms in total. The summed E-state index contributed by atoms with van der Waals surface area (Å²) in [5, 5.41) is 2.82. The van der Waals surface area contributed by atoms with Crippen LogP contribution in [0.1, 0.15) is 25.7 Å². The number of ether oxygens (including phenoxy) is 2. The van der Waals surface area contributed by atoms with Gasteiger partial charge in [-0.05, 0) is 74.2 Å². The van der Waals surface area contributed by atoms with Crippen molar-refractivity contribution in [3.05, 3.63) is 48.5 Å². The Morgan fingerprint density at radius 1 is 0.838 bits per heavy atom. The molecule has 2 heterocycles. The molecule has 4 rings (SSSR count). The van der Waals surface area contributed by atoms with E-state index in [0.29, 0.717) is 44.0 Å². The molecule has 1 atom stereocenters. The van der Waals surface area contributed by atoms with Crippen LogP contribution < -0.4 is 14.8 Å². The van der Waals surface area contributed by atoms with Gasteiger partial charge in [-0.25, -0.2) is 16.8 Å². The van der Waals surface area contributed by atoms with Crippen molar-refractivity contribution < 1.29 is 31.1 Å². The van der Waals surface area contributed by atoms with Gasteiger partial charge in [-0.1, -0.05) is 0 Å². The van der Waals surface area contributed by atoms with Gasteiger partial charge in [0.2, 0.25) is 26.0 Å².